The maximum Gasteiger partial charge on any atom is 0.121 e. The van der Waals surface area contributed by atoms with Crippen LogP contribution in [0, 0.1) is 0 Å². The first-order chi connectivity index (χ1) is 8.33. The minimum absolute atomic E-state index is 0.368. The van der Waals surface area contributed by atoms with Gasteiger partial charge in [-0.25, -0.2) is 0 Å². The average Bonchev–Trinajstić information content (AvgIpc) is 2.43. The normalized spacial score (nSPS) is 11.4. The maximum atomic E-state index is 5.84. The lowest BCUT2D eigenvalue weighted by Crippen LogP contribution is -2.31. The van der Waals surface area contributed by atoms with Gasteiger partial charge in [0.1, 0.15) is 5.60 Å². The molecular formula is C15H17OP. The quantitative estimate of drug-likeness (QED) is 0.748. The molecule has 17 heavy (non-hydrogen) atoms. The second-order valence-corrected chi connectivity index (χ2v) is 4.38. The van der Waals surface area contributed by atoms with Crippen LogP contribution in [0.1, 0.15) is 11.1 Å². The van der Waals surface area contributed by atoms with E-state index in [4.69, 9.17) is 4.74 Å². The zero-order valence-electron chi connectivity index (χ0n) is 9.97. The number of benzene rings is 2. The minimum atomic E-state index is -0.368. The molecule has 0 amide bonds. The van der Waals surface area contributed by atoms with Crippen LogP contribution in [0.2, 0.25) is 0 Å². The molecule has 0 saturated carbocycles. The van der Waals surface area contributed by atoms with Gasteiger partial charge in [-0.1, -0.05) is 60.7 Å². The first kappa shape index (κ1) is 12.3. The van der Waals surface area contributed by atoms with Gasteiger partial charge in [-0.15, -0.1) is 9.24 Å². The highest BCUT2D eigenvalue weighted by Gasteiger charge is 2.31. The highest BCUT2D eigenvalue weighted by molar-refractivity contribution is 7.16. The number of methoxy groups -OCH3 is 1. The summed E-state index contributed by atoms with van der Waals surface area (Å²) in [5.41, 5.74) is 2.00. The van der Waals surface area contributed by atoms with Crippen molar-refractivity contribution in [2.45, 2.75) is 5.60 Å². The van der Waals surface area contributed by atoms with E-state index in [1.807, 2.05) is 36.4 Å². The standard InChI is InChI=1S/C15H17OP/c1-16-15(12-17,13-8-4-2-5-9-13)14-10-6-3-7-11-14/h2-11H,12,17H2,1H3. The van der Waals surface area contributed by atoms with E-state index >= 15 is 0 Å². The Morgan fingerprint density at radius 2 is 1.29 bits per heavy atom. The molecule has 1 unspecified atom stereocenters. The Morgan fingerprint density at radius 3 is 1.59 bits per heavy atom. The van der Waals surface area contributed by atoms with Crippen molar-refractivity contribution in [2.75, 3.05) is 13.3 Å². The topological polar surface area (TPSA) is 9.23 Å². The summed E-state index contributed by atoms with van der Waals surface area (Å²) in [6.07, 6.45) is 0.831. The van der Waals surface area contributed by atoms with Gasteiger partial charge in [-0.3, -0.25) is 0 Å². The molecule has 0 aromatic heterocycles. The summed E-state index contributed by atoms with van der Waals surface area (Å²) in [6, 6.07) is 20.7. The Labute approximate surface area is 105 Å². The van der Waals surface area contributed by atoms with Crippen LogP contribution >= 0.6 is 9.24 Å². The van der Waals surface area contributed by atoms with Crippen LogP contribution in [0.3, 0.4) is 0 Å². The third kappa shape index (κ3) is 2.26. The van der Waals surface area contributed by atoms with Crippen LogP contribution in [0.5, 0.6) is 0 Å². The van der Waals surface area contributed by atoms with E-state index in [1.54, 1.807) is 7.11 Å². The van der Waals surface area contributed by atoms with Crippen LogP contribution in [0.15, 0.2) is 60.7 Å². The van der Waals surface area contributed by atoms with Crippen molar-refractivity contribution in [3.8, 4) is 0 Å². The van der Waals surface area contributed by atoms with Gasteiger partial charge < -0.3 is 4.74 Å². The van der Waals surface area contributed by atoms with Crippen LogP contribution < -0.4 is 0 Å². The van der Waals surface area contributed by atoms with Gasteiger partial charge in [0.2, 0.25) is 0 Å². The molecule has 1 nitrogen and oxygen atoms in total. The van der Waals surface area contributed by atoms with Crippen LogP contribution in [-0.4, -0.2) is 13.3 Å². The van der Waals surface area contributed by atoms with Crippen LogP contribution in [0.4, 0.5) is 0 Å². The summed E-state index contributed by atoms with van der Waals surface area (Å²) in [5.74, 6) is 0. The molecule has 2 aromatic carbocycles. The molecular weight excluding hydrogens is 227 g/mol. The molecule has 0 saturated heterocycles. The lowest BCUT2D eigenvalue weighted by Gasteiger charge is -2.32. The fourth-order valence-electron chi connectivity index (χ4n) is 2.14. The van der Waals surface area contributed by atoms with E-state index in [9.17, 15) is 0 Å². The second-order valence-electron chi connectivity index (χ2n) is 3.97. The Bertz CT molecular complexity index is 407. The van der Waals surface area contributed by atoms with Gasteiger partial charge in [0.05, 0.1) is 0 Å². The Hall–Kier alpha value is -1.17. The largest absolute Gasteiger partial charge is 0.368 e. The lowest BCUT2D eigenvalue weighted by molar-refractivity contribution is 0.0433. The molecule has 2 rings (SSSR count). The molecule has 88 valence electrons. The van der Waals surface area contributed by atoms with Gasteiger partial charge in [0.25, 0.3) is 0 Å². The van der Waals surface area contributed by atoms with E-state index in [-0.39, 0.29) is 5.60 Å². The van der Waals surface area contributed by atoms with E-state index < -0.39 is 0 Å². The van der Waals surface area contributed by atoms with Gasteiger partial charge in [-0.05, 0) is 17.3 Å². The highest BCUT2D eigenvalue weighted by atomic mass is 31.0. The van der Waals surface area contributed by atoms with E-state index in [0.29, 0.717) is 0 Å². The molecule has 0 aliphatic rings. The van der Waals surface area contributed by atoms with Crippen molar-refractivity contribution in [1.29, 1.82) is 0 Å². The first-order valence-electron chi connectivity index (χ1n) is 5.70. The number of hydrogen-bond acceptors (Lipinski definition) is 1. The zero-order chi connectivity index (χ0) is 12.1. The third-order valence-corrected chi connectivity index (χ3v) is 3.69. The molecule has 0 radical (unpaired) electrons. The Balaban J connectivity index is 2.54. The molecule has 0 spiro atoms. The van der Waals surface area contributed by atoms with Crippen molar-refractivity contribution >= 4 is 9.24 Å². The number of ether oxygens (including phenoxy) is 1. The fraction of sp³-hybridized carbons (Fsp3) is 0.200. The summed E-state index contributed by atoms with van der Waals surface area (Å²) < 4.78 is 5.84. The smallest absolute Gasteiger partial charge is 0.121 e. The average molecular weight is 244 g/mol. The van der Waals surface area contributed by atoms with Gasteiger partial charge in [0.15, 0.2) is 0 Å². The number of rotatable bonds is 4. The van der Waals surface area contributed by atoms with Crippen LogP contribution in [-0.2, 0) is 10.3 Å². The summed E-state index contributed by atoms with van der Waals surface area (Å²) in [4.78, 5) is 0. The maximum absolute atomic E-state index is 5.84. The number of hydrogen-bond donors (Lipinski definition) is 0. The molecule has 0 heterocycles. The van der Waals surface area contributed by atoms with Crippen molar-refractivity contribution < 1.29 is 4.74 Å². The summed E-state index contributed by atoms with van der Waals surface area (Å²) in [7, 11) is 4.56. The predicted octanol–water partition coefficient (Wildman–Crippen LogP) is 3.45. The third-order valence-electron chi connectivity index (χ3n) is 3.12. The summed E-state index contributed by atoms with van der Waals surface area (Å²) in [5, 5.41) is 0. The Kier molecular flexibility index (Phi) is 3.93. The van der Waals surface area contributed by atoms with Crippen molar-refractivity contribution in [3.05, 3.63) is 71.8 Å². The molecule has 0 bridgehead atoms. The van der Waals surface area contributed by atoms with Crippen molar-refractivity contribution in [2.24, 2.45) is 0 Å². The molecule has 0 aliphatic heterocycles. The van der Waals surface area contributed by atoms with Crippen molar-refractivity contribution in [3.63, 3.8) is 0 Å². The zero-order valence-corrected chi connectivity index (χ0v) is 11.1. The molecule has 1 atom stereocenters. The van der Waals surface area contributed by atoms with Crippen molar-refractivity contribution in [1.82, 2.24) is 0 Å². The molecule has 0 aliphatic carbocycles. The van der Waals surface area contributed by atoms with Gasteiger partial charge in [0, 0.05) is 7.11 Å². The molecule has 2 heteroatoms. The summed E-state index contributed by atoms with van der Waals surface area (Å²) >= 11 is 0. The lowest BCUT2D eigenvalue weighted by atomic mass is 9.88. The Morgan fingerprint density at radius 1 is 0.882 bits per heavy atom. The fourth-order valence-corrected chi connectivity index (χ4v) is 2.77. The van der Waals surface area contributed by atoms with Gasteiger partial charge >= 0.3 is 0 Å². The monoisotopic (exact) mass is 244 g/mol. The van der Waals surface area contributed by atoms with Crippen LogP contribution in [0.25, 0.3) is 0 Å². The SMILES string of the molecule is COC(CP)(c1ccccc1)c1ccccc1. The first-order valence-corrected chi connectivity index (χ1v) is 6.51. The predicted molar refractivity (Wildman–Crippen MR) is 75.3 cm³/mol. The summed E-state index contributed by atoms with van der Waals surface area (Å²) in [6.45, 7) is 0. The molecule has 0 N–H and O–H groups in total. The van der Waals surface area contributed by atoms with E-state index in [1.165, 1.54) is 11.1 Å². The highest BCUT2D eigenvalue weighted by Crippen LogP contribution is 2.34. The molecule has 0 fully saturated rings. The second kappa shape index (κ2) is 5.44. The molecule has 2 aromatic rings. The minimum Gasteiger partial charge on any atom is -0.368 e. The van der Waals surface area contributed by atoms with E-state index in [0.717, 1.165) is 6.16 Å². The van der Waals surface area contributed by atoms with E-state index in [2.05, 4.69) is 33.5 Å². The van der Waals surface area contributed by atoms with Gasteiger partial charge in [-0.2, -0.15) is 0 Å².